The first kappa shape index (κ1) is 12.2. The van der Waals surface area contributed by atoms with E-state index in [1.165, 1.54) is 12.8 Å². The van der Waals surface area contributed by atoms with Crippen LogP contribution < -0.4 is 5.32 Å². The molecule has 0 saturated heterocycles. The smallest absolute Gasteiger partial charge is 0.224 e. The van der Waals surface area contributed by atoms with Crippen molar-refractivity contribution in [3.05, 3.63) is 30.1 Å². The average molecular weight is 257 g/mol. The van der Waals surface area contributed by atoms with Crippen LogP contribution in [0, 0.1) is 0 Å². The summed E-state index contributed by atoms with van der Waals surface area (Å²) in [7, 11) is 1.97. The van der Waals surface area contributed by atoms with Crippen molar-refractivity contribution in [1.29, 1.82) is 0 Å². The standard InChI is InChI=1S/C15H19N3O/c1-18-10-11(13-7-4-8-16-15(13)18)9-14(19)17-12-5-2-3-6-12/h4,7-8,10,12H,2-3,5-6,9H2,1H3,(H,17,19). The van der Waals surface area contributed by atoms with Gasteiger partial charge in [-0.05, 0) is 30.5 Å². The van der Waals surface area contributed by atoms with Gasteiger partial charge in [-0.2, -0.15) is 0 Å². The SMILES string of the molecule is Cn1cc(CC(=O)NC2CCCC2)c2cccnc21. The van der Waals surface area contributed by atoms with E-state index in [1.807, 2.05) is 29.9 Å². The summed E-state index contributed by atoms with van der Waals surface area (Å²) in [6, 6.07) is 4.34. The van der Waals surface area contributed by atoms with Crippen LogP contribution in [-0.4, -0.2) is 21.5 Å². The van der Waals surface area contributed by atoms with Crippen molar-refractivity contribution in [2.24, 2.45) is 7.05 Å². The molecule has 1 aliphatic rings. The predicted octanol–water partition coefficient (Wildman–Crippen LogP) is 2.17. The molecule has 0 spiro atoms. The number of amides is 1. The van der Waals surface area contributed by atoms with Gasteiger partial charge in [-0.15, -0.1) is 0 Å². The van der Waals surface area contributed by atoms with Crippen LogP contribution in [0.1, 0.15) is 31.2 Å². The first-order valence-corrected chi connectivity index (χ1v) is 6.92. The van der Waals surface area contributed by atoms with Gasteiger partial charge in [-0.1, -0.05) is 12.8 Å². The molecule has 1 saturated carbocycles. The van der Waals surface area contributed by atoms with E-state index < -0.39 is 0 Å². The van der Waals surface area contributed by atoms with Gasteiger partial charge in [0.15, 0.2) is 0 Å². The second-order valence-corrected chi connectivity index (χ2v) is 5.37. The Bertz CT molecular complexity index is 596. The van der Waals surface area contributed by atoms with E-state index in [2.05, 4.69) is 10.3 Å². The molecule has 4 heteroatoms. The van der Waals surface area contributed by atoms with Crippen molar-refractivity contribution in [2.75, 3.05) is 0 Å². The van der Waals surface area contributed by atoms with Crippen molar-refractivity contribution < 1.29 is 4.79 Å². The molecule has 0 bridgehead atoms. The van der Waals surface area contributed by atoms with Crippen LogP contribution in [0.25, 0.3) is 11.0 Å². The van der Waals surface area contributed by atoms with Crippen LogP contribution in [0.5, 0.6) is 0 Å². The minimum atomic E-state index is 0.128. The van der Waals surface area contributed by atoms with Gasteiger partial charge in [0.1, 0.15) is 5.65 Å². The van der Waals surface area contributed by atoms with Gasteiger partial charge in [-0.3, -0.25) is 4.79 Å². The zero-order chi connectivity index (χ0) is 13.2. The van der Waals surface area contributed by atoms with Crippen molar-refractivity contribution in [3.63, 3.8) is 0 Å². The average Bonchev–Trinajstić information content (AvgIpc) is 3.00. The first-order chi connectivity index (χ1) is 9.24. The maximum Gasteiger partial charge on any atom is 0.224 e. The number of carbonyl (C=O) groups excluding carboxylic acids is 1. The quantitative estimate of drug-likeness (QED) is 0.916. The molecule has 1 fully saturated rings. The van der Waals surface area contributed by atoms with Gasteiger partial charge in [-0.25, -0.2) is 4.98 Å². The van der Waals surface area contributed by atoms with E-state index in [1.54, 1.807) is 6.20 Å². The molecule has 0 radical (unpaired) electrons. The maximum atomic E-state index is 12.1. The molecule has 2 aromatic heterocycles. The maximum absolute atomic E-state index is 12.1. The summed E-state index contributed by atoms with van der Waals surface area (Å²) >= 11 is 0. The first-order valence-electron chi connectivity index (χ1n) is 6.92. The summed E-state index contributed by atoms with van der Waals surface area (Å²) < 4.78 is 1.98. The lowest BCUT2D eigenvalue weighted by molar-refractivity contribution is -0.121. The van der Waals surface area contributed by atoms with E-state index in [0.717, 1.165) is 29.4 Å². The number of hydrogen-bond donors (Lipinski definition) is 1. The summed E-state index contributed by atoms with van der Waals surface area (Å²) in [5, 5.41) is 4.21. The number of fused-ring (bicyclic) bond motifs is 1. The number of hydrogen-bond acceptors (Lipinski definition) is 2. The number of pyridine rings is 1. The Labute approximate surface area is 112 Å². The highest BCUT2D eigenvalue weighted by Crippen LogP contribution is 2.20. The van der Waals surface area contributed by atoms with Gasteiger partial charge in [0, 0.05) is 30.9 Å². The molecule has 100 valence electrons. The van der Waals surface area contributed by atoms with Crippen molar-refractivity contribution in [3.8, 4) is 0 Å². The number of nitrogens with one attached hydrogen (secondary N) is 1. The summed E-state index contributed by atoms with van der Waals surface area (Å²) in [5.41, 5.74) is 1.99. The fourth-order valence-electron chi connectivity index (χ4n) is 2.96. The third kappa shape index (κ3) is 2.48. The van der Waals surface area contributed by atoms with Crippen LogP contribution in [0.15, 0.2) is 24.5 Å². The van der Waals surface area contributed by atoms with Crippen molar-refractivity contribution >= 4 is 16.9 Å². The normalized spacial score (nSPS) is 16.1. The molecule has 0 aliphatic heterocycles. The Morgan fingerprint density at radius 1 is 1.47 bits per heavy atom. The summed E-state index contributed by atoms with van der Waals surface area (Å²) in [6.45, 7) is 0. The van der Waals surface area contributed by atoms with Crippen LogP contribution in [0.2, 0.25) is 0 Å². The lowest BCUT2D eigenvalue weighted by atomic mass is 10.1. The van der Waals surface area contributed by atoms with Gasteiger partial charge < -0.3 is 9.88 Å². The van der Waals surface area contributed by atoms with Crippen LogP contribution in [0.3, 0.4) is 0 Å². The largest absolute Gasteiger partial charge is 0.353 e. The Balaban J connectivity index is 1.75. The Kier molecular flexibility index (Phi) is 3.23. The second-order valence-electron chi connectivity index (χ2n) is 5.37. The molecule has 1 amide bonds. The summed E-state index contributed by atoms with van der Waals surface area (Å²) in [6.07, 6.45) is 8.97. The predicted molar refractivity (Wildman–Crippen MR) is 74.8 cm³/mol. The molecule has 19 heavy (non-hydrogen) atoms. The van der Waals surface area contributed by atoms with Gasteiger partial charge in [0.25, 0.3) is 0 Å². The number of carbonyl (C=O) groups is 1. The number of aryl methyl sites for hydroxylation is 1. The lowest BCUT2D eigenvalue weighted by Crippen LogP contribution is -2.33. The van der Waals surface area contributed by atoms with Crippen molar-refractivity contribution in [2.45, 2.75) is 38.1 Å². The Morgan fingerprint density at radius 3 is 3.05 bits per heavy atom. The molecule has 2 aromatic rings. The Hall–Kier alpha value is -1.84. The summed E-state index contributed by atoms with van der Waals surface area (Å²) in [4.78, 5) is 16.4. The van der Waals surface area contributed by atoms with Gasteiger partial charge >= 0.3 is 0 Å². The van der Waals surface area contributed by atoms with Crippen molar-refractivity contribution in [1.82, 2.24) is 14.9 Å². The third-order valence-electron chi connectivity index (χ3n) is 3.89. The van der Waals surface area contributed by atoms with Crippen LogP contribution in [-0.2, 0) is 18.3 Å². The fraction of sp³-hybridized carbons (Fsp3) is 0.467. The molecule has 4 nitrogen and oxygen atoms in total. The zero-order valence-electron chi connectivity index (χ0n) is 11.2. The van der Waals surface area contributed by atoms with E-state index >= 15 is 0 Å². The van der Waals surface area contributed by atoms with E-state index in [-0.39, 0.29) is 5.91 Å². The molecular weight excluding hydrogens is 238 g/mol. The Morgan fingerprint density at radius 2 is 2.26 bits per heavy atom. The molecule has 3 rings (SSSR count). The van der Waals surface area contributed by atoms with E-state index in [0.29, 0.717) is 12.5 Å². The highest BCUT2D eigenvalue weighted by atomic mass is 16.1. The number of aromatic nitrogens is 2. The molecule has 0 aromatic carbocycles. The zero-order valence-corrected chi connectivity index (χ0v) is 11.2. The molecule has 1 aliphatic carbocycles. The minimum absolute atomic E-state index is 0.128. The van der Waals surface area contributed by atoms with E-state index in [4.69, 9.17) is 0 Å². The highest BCUT2D eigenvalue weighted by Gasteiger charge is 2.18. The molecule has 2 heterocycles. The van der Waals surface area contributed by atoms with Gasteiger partial charge in [0.2, 0.25) is 5.91 Å². The van der Waals surface area contributed by atoms with Crippen LogP contribution >= 0.6 is 0 Å². The molecular formula is C15H19N3O. The molecule has 0 atom stereocenters. The second kappa shape index (κ2) is 5.03. The topological polar surface area (TPSA) is 46.9 Å². The summed E-state index contributed by atoms with van der Waals surface area (Å²) in [5.74, 6) is 0.128. The monoisotopic (exact) mass is 257 g/mol. The highest BCUT2D eigenvalue weighted by molar-refractivity contribution is 5.87. The van der Waals surface area contributed by atoms with Crippen LogP contribution in [0.4, 0.5) is 0 Å². The van der Waals surface area contributed by atoms with E-state index in [9.17, 15) is 4.79 Å². The number of rotatable bonds is 3. The molecule has 0 unspecified atom stereocenters. The number of nitrogens with zero attached hydrogens (tertiary/aromatic N) is 2. The lowest BCUT2D eigenvalue weighted by Gasteiger charge is -2.11. The molecule has 1 N–H and O–H groups in total. The third-order valence-corrected chi connectivity index (χ3v) is 3.89. The van der Waals surface area contributed by atoms with Gasteiger partial charge in [0.05, 0.1) is 6.42 Å². The fourth-order valence-corrected chi connectivity index (χ4v) is 2.96. The minimum Gasteiger partial charge on any atom is -0.353 e.